The van der Waals surface area contributed by atoms with Gasteiger partial charge in [-0.15, -0.1) is 0 Å². The molecule has 0 heterocycles. The van der Waals surface area contributed by atoms with Crippen molar-refractivity contribution in [3.05, 3.63) is 88.5 Å². The molecule has 1 spiro atoms. The predicted molar refractivity (Wildman–Crippen MR) is 117 cm³/mol. The molecule has 0 saturated heterocycles. The van der Waals surface area contributed by atoms with E-state index in [0.29, 0.717) is 17.6 Å². The third-order valence-electron chi connectivity index (χ3n) is 8.95. The van der Waals surface area contributed by atoms with Crippen LogP contribution < -0.4 is 0 Å². The summed E-state index contributed by atoms with van der Waals surface area (Å²) in [7, 11) is 0. The molecule has 5 aliphatic rings. The maximum atomic E-state index is 14.6. The lowest BCUT2D eigenvalue weighted by molar-refractivity contribution is -0.129. The van der Waals surface area contributed by atoms with Gasteiger partial charge in [0.2, 0.25) is 0 Å². The number of Topliss-reactive ketones (excluding diaryl/α,β-unsaturated/α-hetero) is 1. The minimum absolute atomic E-state index is 0.0108. The Kier molecular flexibility index (Phi) is 3.50. The Hall–Kier alpha value is -2.41. The zero-order chi connectivity index (χ0) is 19.8. The highest BCUT2D eigenvalue weighted by Crippen LogP contribution is 2.76. The molecule has 0 amide bonds. The van der Waals surface area contributed by atoms with Crippen molar-refractivity contribution in [2.45, 2.75) is 51.4 Å². The van der Waals surface area contributed by atoms with E-state index in [2.05, 4.69) is 74.5 Å². The largest absolute Gasteiger partial charge is 0.293 e. The normalized spacial score (nSPS) is 35.3. The van der Waals surface area contributed by atoms with E-state index in [1.807, 2.05) is 0 Å². The molecule has 146 valence electrons. The summed E-state index contributed by atoms with van der Waals surface area (Å²) in [6, 6.07) is 21.4. The number of allylic oxidation sites excluding steroid dienone is 4. The Bertz CT molecular complexity index is 1070. The molecule has 0 N–H and O–H groups in total. The predicted octanol–water partition coefficient (Wildman–Crippen LogP) is 6.51. The molecule has 4 atom stereocenters. The molecule has 0 radical (unpaired) electrons. The van der Waals surface area contributed by atoms with E-state index >= 15 is 0 Å². The van der Waals surface area contributed by atoms with Crippen LogP contribution in [0.2, 0.25) is 0 Å². The fourth-order valence-corrected chi connectivity index (χ4v) is 8.04. The van der Waals surface area contributed by atoms with Crippen LogP contribution in [-0.2, 0) is 10.2 Å². The van der Waals surface area contributed by atoms with Gasteiger partial charge in [-0.3, -0.25) is 4.79 Å². The van der Waals surface area contributed by atoms with Crippen molar-refractivity contribution in [3.8, 4) is 0 Å². The highest BCUT2D eigenvalue weighted by atomic mass is 16.1. The van der Waals surface area contributed by atoms with Crippen LogP contribution in [0.4, 0.5) is 0 Å². The van der Waals surface area contributed by atoms with Crippen molar-refractivity contribution >= 4 is 11.4 Å². The summed E-state index contributed by atoms with van der Waals surface area (Å²) in [6.45, 7) is 4.67. The van der Waals surface area contributed by atoms with Crippen molar-refractivity contribution in [2.24, 2.45) is 17.3 Å². The molecular weight excluding hydrogens is 352 g/mol. The quantitative estimate of drug-likeness (QED) is 0.543. The standard InChI is InChI=1S/C28H28O/c1-18-19(2)23-16-15-22(18)27-17-9-14-24(27)25(20-10-5-3-6-11-20)26(29)28(23,27)21-12-7-4-8-13-21/h3-8,10-13,22-23H,9,14-17H2,1-2H3/t22?,23?,27?,28-/m1/s1. The maximum absolute atomic E-state index is 14.6. The topological polar surface area (TPSA) is 17.1 Å². The Morgan fingerprint density at radius 3 is 2.17 bits per heavy atom. The molecule has 2 aromatic rings. The van der Waals surface area contributed by atoms with Gasteiger partial charge in [0.25, 0.3) is 0 Å². The van der Waals surface area contributed by atoms with Crippen LogP contribution in [0.5, 0.6) is 0 Å². The second-order valence-electron chi connectivity index (χ2n) is 9.60. The second kappa shape index (κ2) is 5.81. The Morgan fingerprint density at radius 2 is 1.45 bits per heavy atom. The lowest BCUT2D eigenvalue weighted by Gasteiger charge is -2.61. The summed E-state index contributed by atoms with van der Waals surface area (Å²) < 4.78 is 0. The van der Waals surface area contributed by atoms with Crippen LogP contribution >= 0.6 is 0 Å². The van der Waals surface area contributed by atoms with Gasteiger partial charge < -0.3 is 0 Å². The van der Waals surface area contributed by atoms with E-state index in [9.17, 15) is 4.79 Å². The lowest BCUT2D eigenvalue weighted by Crippen LogP contribution is -2.61. The van der Waals surface area contributed by atoms with Gasteiger partial charge >= 0.3 is 0 Å². The molecule has 0 aromatic heterocycles. The monoisotopic (exact) mass is 380 g/mol. The van der Waals surface area contributed by atoms with Gasteiger partial charge in [-0.2, -0.15) is 0 Å². The number of hydrogen-bond donors (Lipinski definition) is 0. The number of carbonyl (C=O) groups excluding carboxylic acids is 1. The summed E-state index contributed by atoms with van der Waals surface area (Å²) >= 11 is 0. The van der Waals surface area contributed by atoms with E-state index < -0.39 is 5.41 Å². The molecule has 1 heteroatoms. The van der Waals surface area contributed by atoms with Crippen LogP contribution in [0.25, 0.3) is 5.57 Å². The first kappa shape index (κ1) is 17.4. The molecule has 2 aromatic carbocycles. The minimum atomic E-state index is -0.405. The van der Waals surface area contributed by atoms with Gasteiger partial charge in [-0.25, -0.2) is 0 Å². The number of ketones is 1. The number of rotatable bonds is 2. The number of fused-ring (bicyclic) bond motifs is 1. The molecule has 5 aliphatic carbocycles. The van der Waals surface area contributed by atoms with Crippen LogP contribution in [-0.4, -0.2) is 5.78 Å². The molecule has 3 unspecified atom stereocenters. The van der Waals surface area contributed by atoms with E-state index in [-0.39, 0.29) is 5.41 Å². The Morgan fingerprint density at radius 1 is 0.828 bits per heavy atom. The number of carbonyl (C=O) groups is 1. The molecule has 2 fully saturated rings. The molecule has 2 bridgehead atoms. The molecule has 1 nitrogen and oxygen atoms in total. The molecular formula is C28H28O. The lowest BCUT2D eigenvalue weighted by atomic mass is 9.40. The van der Waals surface area contributed by atoms with E-state index in [1.54, 1.807) is 5.57 Å². The Balaban J connectivity index is 1.73. The van der Waals surface area contributed by atoms with Gasteiger partial charge in [-0.1, -0.05) is 77.4 Å². The third-order valence-corrected chi connectivity index (χ3v) is 8.95. The highest BCUT2D eigenvalue weighted by molar-refractivity contribution is 6.30. The van der Waals surface area contributed by atoms with Crippen molar-refractivity contribution < 1.29 is 4.79 Å². The fourth-order valence-electron chi connectivity index (χ4n) is 8.04. The number of benzene rings is 2. The minimum Gasteiger partial charge on any atom is -0.293 e. The zero-order valence-electron chi connectivity index (χ0n) is 17.4. The summed E-state index contributed by atoms with van der Waals surface area (Å²) in [6.07, 6.45) is 5.83. The molecule has 7 rings (SSSR count). The van der Waals surface area contributed by atoms with E-state index in [0.717, 1.165) is 30.4 Å². The van der Waals surface area contributed by atoms with Gasteiger partial charge in [0.05, 0.1) is 5.41 Å². The summed E-state index contributed by atoms with van der Waals surface area (Å²) in [4.78, 5) is 14.6. The van der Waals surface area contributed by atoms with Crippen molar-refractivity contribution in [3.63, 3.8) is 0 Å². The SMILES string of the molecule is CC1=C(C)C2CCC1C13CCCC1=C(c1ccccc1)C(=O)[C@@]23c1ccccc1. The number of hydrogen-bond acceptors (Lipinski definition) is 1. The van der Waals surface area contributed by atoms with Crippen LogP contribution in [0.15, 0.2) is 77.4 Å². The average Bonchev–Trinajstić information content (AvgIpc) is 3.26. The van der Waals surface area contributed by atoms with Crippen LogP contribution in [0, 0.1) is 17.3 Å². The summed E-state index contributed by atoms with van der Waals surface area (Å²) in [5.41, 5.74) is 7.59. The van der Waals surface area contributed by atoms with Gasteiger partial charge in [0.1, 0.15) is 0 Å². The first-order chi connectivity index (χ1) is 14.1. The summed E-state index contributed by atoms with van der Waals surface area (Å²) in [5.74, 6) is 1.25. The van der Waals surface area contributed by atoms with Crippen LogP contribution in [0.1, 0.15) is 57.1 Å². The van der Waals surface area contributed by atoms with E-state index in [1.165, 1.54) is 29.6 Å². The van der Waals surface area contributed by atoms with Crippen molar-refractivity contribution in [1.82, 2.24) is 0 Å². The van der Waals surface area contributed by atoms with Gasteiger partial charge in [-0.05, 0) is 68.9 Å². The average molecular weight is 381 g/mol. The van der Waals surface area contributed by atoms with Crippen LogP contribution in [0.3, 0.4) is 0 Å². The molecule has 2 saturated carbocycles. The van der Waals surface area contributed by atoms with E-state index in [4.69, 9.17) is 0 Å². The first-order valence-electron chi connectivity index (χ1n) is 11.2. The van der Waals surface area contributed by atoms with Gasteiger partial charge in [0.15, 0.2) is 5.78 Å². The fraction of sp³-hybridized carbons (Fsp3) is 0.393. The van der Waals surface area contributed by atoms with Gasteiger partial charge in [0, 0.05) is 11.0 Å². The second-order valence-corrected chi connectivity index (χ2v) is 9.60. The zero-order valence-corrected chi connectivity index (χ0v) is 17.4. The molecule has 0 aliphatic heterocycles. The van der Waals surface area contributed by atoms with Crippen molar-refractivity contribution in [1.29, 1.82) is 0 Å². The smallest absolute Gasteiger partial charge is 0.175 e. The third kappa shape index (κ3) is 1.81. The molecule has 29 heavy (non-hydrogen) atoms. The summed E-state index contributed by atoms with van der Waals surface area (Å²) in [5, 5.41) is 0. The Labute approximate surface area is 173 Å². The highest BCUT2D eigenvalue weighted by Gasteiger charge is 2.74. The maximum Gasteiger partial charge on any atom is 0.175 e. The first-order valence-corrected chi connectivity index (χ1v) is 11.2. The van der Waals surface area contributed by atoms with Crippen molar-refractivity contribution in [2.75, 3.05) is 0 Å².